The number of benzene rings is 2. The molecule has 1 atom stereocenters. The Kier molecular flexibility index (Phi) is 3.53. The largest absolute Gasteiger partial charge is 0.363 e. The number of amides is 1. The summed E-state index contributed by atoms with van der Waals surface area (Å²) in [6.45, 7) is 6.55. The van der Waals surface area contributed by atoms with Gasteiger partial charge in [0.15, 0.2) is 5.72 Å². The third-order valence-corrected chi connectivity index (χ3v) is 4.37. The maximum absolute atomic E-state index is 12.7. The van der Waals surface area contributed by atoms with E-state index in [0.717, 1.165) is 23.1 Å². The van der Waals surface area contributed by atoms with Gasteiger partial charge in [0, 0.05) is 23.2 Å². The lowest BCUT2D eigenvalue weighted by atomic mass is 9.90. The topological polar surface area (TPSA) is 40.5 Å². The Labute approximate surface area is 131 Å². The van der Waals surface area contributed by atoms with Gasteiger partial charge in [0.25, 0.3) is 5.91 Å². The minimum absolute atomic E-state index is 0.0973. The lowest BCUT2D eigenvalue weighted by Gasteiger charge is -2.35. The molecule has 0 aromatic heterocycles. The van der Waals surface area contributed by atoms with Gasteiger partial charge in [-0.1, -0.05) is 48.9 Å². The minimum atomic E-state index is -1.37. The van der Waals surface area contributed by atoms with E-state index in [1.54, 1.807) is 11.0 Å². The summed E-state index contributed by atoms with van der Waals surface area (Å²) in [5.74, 6) is -0.0973. The van der Waals surface area contributed by atoms with Crippen LogP contribution in [0.3, 0.4) is 0 Å². The maximum Gasteiger partial charge on any atom is 0.257 e. The first-order valence-electron chi connectivity index (χ1n) is 7.71. The van der Waals surface area contributed by atoms with Gasteiger partial charge in [0.2, 0.25) is 0 Å². The van der Waals surface area contributed by atoms with E-state index in [0.29, 0.717) is 17.7 Å². The molecule has 0 aliphatic carbocycles. The Balaban J connectivity index is 2.26. The third kappa shape index (κ3) is 1.97. The third-order valence-electron chi connectivity index (χ3n) is 4.37. The lowest BCUT2D eigenvalue weighted by Crippen LogP contribution is -2.45. The molecule has 0 saturated heterocycles. The summed E-state index contributed by atoms with van der Waals surface area (Å²) < 4.78 is 0. The summed E-state index contributed by atoms with van der Waals surface area (Å²) in [6.07, 6.45) is 0.799. The zero-order chi connectivity index (χ0) is 15.9. The molecule has 1 unspecified atom stereocenters. The number of carbonyl (C=O) groups is 1. The van der Waals surface area contributed by atoms with Gasteiger partial charge in [-0.25, -0.2) is 0 Å². The fourth-order valence-corrected chi connectivity index (χ4v) is 3.39. The van der Waals surface area contributed by atoms with Gasteiger partial charge < -0.3 is 10.0 Å². The van der Waals surface area contributed by atoms with Crippen molar-refractivity contribution >= 4 is 5.91 Å². The first-order chi connectivity index (χ1) is 10.5. The highest BCUT2D eigenvalue weighted by Gasteiger charge is 2.49. The average molecular weight is 295 g/mol. The van der Waals surface area contributed by atoms with Crippen LogP contribution < -0.4 is 0 Å². The predicted molar refractivity (Wildman–Crippen MR) is 86.7 cm³/mol. The van der Waals surface area contributed by atoms with E-state index in [4.69, 9.17) is 0 Å². The van der Waals surface area contributed by atoms with Crippen molar-refractivity contribution in [3.63, 3.8) is 0 Å². The molecule has 22 heavy (non-hydrogen) atoms. The summed E-state index contributed by atoms with van der Waals surface area (Å²) in [5.41, 5.74) is 2.82. The fraction of sp³-hybridized carbons (Fsp3) is 0.316. The highest BCUT2D eigenvalue weighted by molar-refractivity contribution is 6.00. The standard InChI is InChI=1S/C19H21NO2/c1-4-11-20-18(21)15-7-5-6-8-17(15)19(20,22)16-10-9-13(2)12-14(16)3/h5-10,12,22H,4,11H2,1-3H3. The first-order valence-corrected chi connectivity index (χ1v) is 7.71. The van der Waals surface area contributed by atoms with E-state index < -0.39 is 5.72 Å². The van der Waals surface area contributed by atoms with E-state index in [1.165, 1.54) is 0 Å². The van der Waals surface area contributed by atoms with Gasteiger partial charge in [-0.15, -0.1) is 0 Å². The summed E-state index contributed by atoms with van der Waals surface area (Å²) in [6, 6.07) is 13.3. The molecule has 3 nitrogen and oxygen atoms in total. The van der Waals surface area contributed by atoms with E-state index in [1.807, 2.05) is 57.2 Å². The number of fused-ring (bicyclic) bond motifs is 1. The Morgan fingerprint density at radius 3 is 2.50 bits per heavy atom. The molecule has 1 aliphatic rings. The van der Waals surface area contributed by atoms with Gasteiger partial charge in [-0.05, 0) is 31.9 Å². The molecule has 1 amide bonds. The normalized spacial score (nSPS) is 20.4. The van der Waals surface area contributed by atoms with Crippen LogP contribution in [0.15, 0.2) is 42.5 Å². The molecule has 3 rings (SSSR count). The maximum atomic E-state index is 12.7. The molecule has 0 saturated carbocycles. The summed E-state index contributed by atoms with van der Waals surface area (Å²) >= 11 is 0. The molecule has 0 fully saturated rings. The second-order valence-corrected chi connectivity index (χ2v) is 5.99. The number of carbonyl (C=O) groups excluding carboxylic acids is 1. The van der Waals surface area contributed by atoms with Crippen molar-refractivity contribution in [2.24, 2.45) is 0 Å². The first kappa shape index (κ1) is 14.8. The van der Waals surface area contributed by atoms with E-state index in [9.17, 15) is 9.90 Å². The molecule has 2 aromatic carbocycles. The van der Waals surface area contributed by atoms with Crippen molar-refractivity contribution in [1.29, 1.82) is 0 Å². The highest BCUT2D eigenvalue weighted by atomic mass is 16.3. The zero-order valence-electron chi connectivity index (χ0n) is 13.3. The molecule has 2 aromatic rings. The number of aliphatic hydroxyl groups is 1. The number of hydrogen-bond donors (Lipinski definition) is 1. The van der Waals surface area contributed by atoms with Crippen LogP contribution >= 0.6 is 0 Å². The van der Waals surface area contributed by atoms with Gasteiger partial charge >= 0.3 is 0 Å². The van der Waals surface area contributed by atoms with Crippen LogP contribution in [0.1, 0.15) is 46.0 Å². The summed E-state index contributed by atoms with van der Waals surface area (Å²) in [5, 5.41) is 11.6. The average Bonchev–Trinajstić information content (AvgIpc) is 2.71. The highest BCUT2D eigenvalue weighted by Crippen LogP contribution is 2.43. The van der Waals surface area contributed by atoms with Crippen LogP contribution in [0.2, 0.25) is 0 Å². The molecule has 0 bridgehead atoms. The molecular weight excluding hydrogens is 274 g/mol. The molecule has 3 heteroatoms. The van der Waals surface area contributed by atoms with Crippen molar-refractivity contribution < 1.29 is 9.90 Å². The monoisotopic (exact) mass is 295 g/mol. The van der Waals surface area contributed by atoms with E-state index >= 15 is 0 Å². The smallest absolute Gasteiger partial charge is 0.257 e. The number of nitrogens with zero attached hydrogens (tertiary/aromatic N) is 1. The number of hydrogen-bond acceptors (Lipinski definition) is 2. The Bertz CT molecular complexity index is 738. The van der Waals surface area contributed by atoms with Gasteiger partial charge in [-0.2, -0.15) is 0 Å². The zero-order valence-corrected chi connectivity index (χ0v) is 13.3. The predicted octanol–water partition coefficient (Wildman–Crippen LogP) is 3.36. The molecule has 114 valence electrons. The number of aryl methyl sites for hydroxylation is 2. The molecule has 1 heterocycles. The van der Waals surface area contributed by atoms with Crippen molar-refractivity contribution in [3.8, 4) is 0 Å². The number of rotatable bonds is 3. The lowest BCUT2D eigenvalue weighted by molar-refractivity contribution is -0.0502. The summed E-state index contributed by atoms with van der Waals surface area (Å²) in [7, 11) is 0. The van der Waals surface area contributed by atoms with Crippen LogP contribution in [-0.4, -0.2) is 22.5 Å². The Morgan fingerprint density at radius 1 is 1.09 bits per heavy atom. The van der Waals surface area contributed by atoms with Crippen LogP contribution in [0.4, 0.5) is 0 Å². The SMILES string of the molecule is CCCN1C(=O)c2ccccc2C1(O)c1ccc(C)cc1C. The minimum Gasteiger partial charge on any atom is -0.363 e. The molecule has 0 radical (unpaired) electrons. The molecular formula is C19H21NO2. The summed E-state index contributed by atoms with van der Waals surface area (Å²) in [4.78, 5) is 14.3. The van der Waals surface area contributed by atoms with E-state index in [-0.39, 0.29) is 5.91 Å². The van der Waals surface area contributed by atoms with Gasteiger partial charge in [-0.3, -0.25) is 4.79 Å². The van der Waals surface area contributed by atoms with Crippen LogP contribution in [0.25, 0.3) is 0 Å². The molecule has 0 spiro atoms. The second-order valence-electron chi connectivity index (χ2n) is 5.99. The van der Waals surface area contributed by atoms with Crippen molar-refractivity contribution in [3.05, 3.63) is 70.3 Å². The molecule has 1 N–H and O–H groups in total. The second kappa shape index (κ2) is 5.25. The van der Waals surface area contributed by atoms with Crippen molar-refractivity contribution in [2.45, 2.75) is 32.9 Å². The molecule has 1 aliphatic heterocycles. The van der Waals surface area contributed by atoms with Crippen molar-refractivity contribution in [1.82, 2.24) is 4.90 Å². The van der Waals surface area contributed by atoms with Crippen molar-refractivity contribution in [2.75, 3.05) is 6.54 Å². The fourth-order valence-electron chi connectivity index (χ4n) is 3.39. The Hall–Kier alpha value is -2.13. The van der Waals surface area contributed by atoms with Gasteiger partial charge in [0.05, 0.1) is 0 Å². The Morgan fingerprint density at radius 2 is 1.82 bits per heavy atom. The van der Waals surface area contributed by atoms with Crippen LogP contribution in [0, 0.1) is 13.8 Å². The van der Waals surface area contributed by atoms with Crippen LogP contribution in [0.5, 0.6) is 0 Å². The van der Waals surface area contributed by atoms with Gasteiger partial charge in [0.1, 0.15) is 0 Å². The quantitative estimate of drug-likeness (QED) is 0.943. The van der Waals surface area contributed by atoms with E-state index in [2.05, 4.69) is 0 Å². The van der Waals surface area contributed by atoms with Crippen LogP contribution in [-0.2, 0) is 5.72 Å².